The number of hydrogen-bond donors (Lipinski definition) is 8. The number of aromatic nitrogens is 2. The second-order valence-electron chi connectivity index (χ2n) is 28.1. The van der Waals surface area contributed by atoms with Crippen LogP contribution in [0.3, 0.4) is 0 Å². The molecule has 6 bridgehead atoms. The molecule has 14 heteroatoms. The zero-order chi connectivity index (χ0) is 52.6. The number of aliphatic hydroxyl groups is 6. The normalized spacial score (nSPS) is 46.5. The van der Waals surface area contributed by atoms with E-state index in [1.807, 2.05) is 23.3 Å². The highest BCUT2D eigenvalue weighted by molar-refractivity contribution is 8.76. The van der Waals surface area contributed by atoms with E-state index >= 15 is 4.79 Å². The van der Waals surface area contributed by atoms with E-state index in [0.717, 1.165) is 63.0 Å². The average Bonchev–Trinajstić information content (AvgIpc) is 4.35. The summed E-state index contributed by atoms with van der Waals surface area (Å²) in [5, 5.41) is 78.2. The van der Waals surface area contributed by atoms with Crippen molar-refractivity contribution < 1.29 is 35.4 Å². The van der Waals surface area contributed by atoms with Crippen LogP contribution < -0.4 is 11.1 Å². The molecule has 1 saturated heterocycles. The maximum Gasteiger partial charge on any atom is 0.190 e. The summed E-state index contributed by atoms with van der Waals surface area (Å²) in [6, 6.07) is 0.144. The molecule has 0 amide bonds. The van der Waals surface area contributed by atoms with Crippen LogP contribution in [-0.2, 0) is 4.79 Å². The van der Waals surface area contributed by atoms with E-state index in [2.05, 4.69) is 48.8 Å². The smallest absolute Gasteiger partial charge is 0.190 e. The van der Waals surface area contributed by atoms with Gasteiger partial charge in [0, 0.05) is 65.6 Å². The van der Waals surface area contributed by atoms with Crippen molar-refractivity contribution in [1.29, 1.82) is 0 Å². The van der Waals surface area contributed by atoms with Crippen LogP contribution in [0.1, 0.15) is 163 Å². The van der Waals surface area contributed by atoms with Gasteiger partial charge in [-0.3, -0.25) is 9.79 Å². The summed E-state index contributed by atoms with van der Waals surface area (Å²) in [6.07, 6.45) is 22.1. The first-order valence-corrected chi connectivity index (χ1v) is 32.4. The summed E-state index contributed by atoms with van der Waals surface area (Å²) < 4.78 is 2.32. The fourth-order valence-electron chi connectivity index (χ4n) is 21.3. The molecule has 1 aromatic heterocycles. The molecule has 1 spiro atoms. The Morgan fingerprint density at radius 3 is 2.55 bits per heavy atom. The van der Waals surface area contributed by atoms with E-state index in [9.17, 15) is 30.6 Å². The maximum absolute atomic E-state index is 15.3. The molecule has 1 aromatic rings. The molecule has 12 nitrogen and oxygen atoms in total. The fourth-order valence-corrected chi connectivity index (χ4v) is 24.0. The molecule has 75 heavy (non-hydrogen) atoms. The molecule has 0 radical (unpaired) electrons. The van der Waals surface area contributed by atoms with E-state index in [0.29, 0.717) is 59.7 Å². The number of carbonyl (C=O) groups excluding carboxylic acids is 1. The van der Waals surface area contributed by atoms with Crippen molar-refractivity contribution in [1.82, 2.24) is 14.9 Å². The second-order valence-corrected chi connectivity index (χ2v) is 30.6. The lowest BCUT2D eigenvalue weighted by atomic mass is 9.40. The van der Waals surface area contributed by atoms with E-state index in [1.165, 1.54) is 44.1 Å². The quantitative estimate of drug-likeness (QED) is 0.0384. The van der Waals surface area contributed by atoms with E-state index in [4.69, 9.17) is 10.7 Å². The molecule has 0 aromatic carbocycles. The van der Waals surface area contributed by atoms with E-state index in [-0.39, 0.29) is 78.8 Å². The standard InChI is InChI=1S/C61H91N5O7S2/c1-33(2)9-7-16-59-27-49(71)48(70)22-45(59)47(69)23-46-52(59)37(28-64-56(62)65-34(3)68)25-60(31-67)44-21-39(61(46,60)73)29-74-75-30-40(66-18-17-63-32-66)26-57(4,5)54-43-19-35-13-14-38-11-8-15-58(38,24-35)53(43)41-12-6-10-36-20-42(44)55(72)51(54)50(36)41/h17-18,23,32-40,42,44-45,48-49,51-53,55,67-68,70-73H,6-16,19-22,24-31H2,1-5H3,(H3,62,64,65)/t34-,35-,36+,37+,38+,39+,40-,42+,44-,45+,48-,49+,51-,52+,53-,55+,58+,59+,60+,61-/m1/s1. The average molecular weight is 1070 g/mol. The first kappa shape index (κ1) is 53.5. The SMILES string of the molecule is CC(C)CCC[C@]12C[C@H](O)[C@H](O)C[C@H]1C(=O)C=C1[C@@H]2[C@H](CN=C(N)N[C@@H](C)O)C[C@]2(CO)[C@@H]3C[C@@H](CSSC[C@H](n4ccnc4)CC(C)(C)C4=C5C[C@H]6CC[C@@H]7CCC[C@@]7(C6)[C@@H]5C5=C6[C@@H](CCC5)C[C@@H]3[C@H](O)[C@H]64)[C@@]12O. The lowest BCUT2D eigenvalue weighted by molar-refractivity contribution is -0.189. The van der Waals surface area contributed by atoms with Crippen LogP contribution in [0.25, 0.3) is 0 Å². The number of aliphatic hydroxyl groups excluding tert-OH is 5. The first-order chi connectivity index (χ1) is 35.9. The van der Waals surface area contributed by atoms with Crippen molar-refractivity contribution in [3.63, 3.8) is 0 Å². The molecule has 9 N–H and O–H groups in total. The molecule has 10 aliphatic carbocycles. The largest absolute Gasteiger partial charge is 0.396 e. The second kappa shape index (κ2) is 19.8. The van der Waals surface area contributed by atoms with Crippen LogP contribution >= 0.6 is 21.6 Å². The van der Waals surface area contributed by atoms with Gasteiger partial charge in [0.2, 0.25) is 0 Å². The Balaban J connectivity index is 1.05. The summed E-state index contributed by atoms with van der Waals surface area (Å²) in [7, 11) is 3.67. The molecule has 20 atom stereocenters. The lowest BCUT2D eigenvalue weighted by Crippen LogP contribution is -2.68. The molecule has 7 saturated carbocycles. The van der Waals surface area contributed by atoms with Crippen molar-refractivity contribution in [3.05, 3.63) is 52.7 Å². The van der Waals surface area contributed by atoms with Gasteiger partial charge in [-0.2, -0.15) is 0 Å². The summed E-state index contributed by atoms with van der Waals surface area (Å²) >= 11 is 0. The van der Waals surface area contributed by atoms with Crippen molar-refractivity contribution >= 4 is 33.3 Å². The Morgan fingerprint density at radius 2 is 1.79 bits per heavy atom. The molecule has 0 unspecified atom stereocenters. The summed E-state index contributed by atoms with van der Waals surface area (Å²) in [5.41, 5.74) is 10.2. The van der Waals surface area contributed by atoms with Gasteiger partial charge in [-0.25, -0.2) is 4.98 Å². The summed E-state index contributed by atoms with van der Waals surface area (Å²) in [6.45, 7) is 11.0. The maximum atomic E-state index is 15.3. The first-order valence-electron chi connectivity index (χ1n) is 29.9. The third kappa shape index (κ3) is 8.27. The van der Waals surface area contributed by atoms with Gasteiger partial charge in [-0.1, -0.05) is 90.8 Å². The van der Waals surface area contributed by atoms with Gasteiger partial charge in [0.05, 0.1) is 36.8 Å². The van der Waals surface area contributed by atoms with Gasteiger partial charge in [0.25, 0.3) is 0 Å². The Hall–Kier alpha value is -2.17. The Bertz CT molecular complexity index is 2470. The van der Waals surface area contributed by atoms with Crippen LogP contribution in [0.5, 0.6) is 0 Å². The Morgan fingerprint density at radius 1 is 0.973 bits per heavy atom. The number of allylic oxidation sites excluding steroid dienone is 3. The Kier molecular flexibility index (Phi) is 14.1. The topological polar surface area (TPSA) is 207 Å². The molecule has 11 aliphatic rings. The predicted molar refractivity (Wildman–Crippen MR) is 297 cm³/mol. The van der Waals surface area contributed by atoms with Crippen LogP contribution in [0.2, 0.25) is 0 Å². The number of nitrogens with zero attached hydrogens (tertiary/aromatic N) is 3. The van der Waals surface area contributed by atoms with Gasteiger partial charge in [-0.15, -0.1) is 0 Å². The molecule has 8 fully saturated rings. The van der Waals surface area contributed by atoms with Gasteiger partial charge < -0.3 is 46.3 Å². The molecule has 2 heterocycles. The number of imidazole rings is 1. The van der Waals surface area contributed by atoms with Gasteiger partial charge in [0.1, 0.15) is 6.23 Å². The summed E-state index contributed by atoms with van der Waals surface area (Å²) in [5.74, 6) is 1.83. The molecular formula is C61H91N5O7S2. The number of rotatable bonds is 9. The summed E-state index contributed by atoms with van der Waals surface area (Å²) in [4.78, 5) is 24.8. The third-order valence-electron chi connectivity index (χ3n) is 23.6. The Labute approximate surface area is 454 Å². The van der Waals surface area contributed by atoms with Crippen molar-refractivity contribution in [2.75, 3.05) is 24.7 Å². The monoisotopic (exact) mass is 1070 g/mol. The van der Waals surface area contributed by atoms with Gasteiger partial charge >= 0.3 is 0 Å². The zero-order valence-corrected chi connectivity index (χ0v) is 47.3. The zero-order valence-electron chi connectivity index (χ0n) is 45.7. The third-order valence-corrected chi connectivity index (χ3v) is 26.1. The minimum absolute atomic E-state index is 0.101. The number of nitrogens with one attached hydrogen (secondary N) is 1. The number of aliphatic imine (C=N–C) groups is 1. The van der Waals surface area contributed by atoms with Crippen molar-refractivity contribution in [2.45, 2.75) is 193 Å². The number of carbonyl (C=O) groups is 1. The van der Waals surface area contributed by atoms with E-state index < -0.39 is 52.8 Å². The highest BCUT2D eigenvalue weighted by atomic mass is 33.1. The van der Waals surface area contributed by atoms with Crippen LogP contribution in [0.4, 0.5) is 0 Å². The van der Waals surface area contributed by atoms with Crippen molar-refractivity contribution in [2.24, 2.45) is 103 Å². The predicted octanol–water partition coefficient (Wildman–Crippen LogP) is 8.92. The van der Waals surface area contributed by atoms with Crippen LogP contribution in [0, 0.1) is 92.7 Å². The molecule has 414 valence electrons. The fraction of sp³-hybridized carbons (Fsp3) is 0.820. The minimum Gasteiger partial charge on any atom is -0.396 e. The molecule has 1 aliphatic heterocycles. The molecular weight excluding hydrogens is 979 g/mol. The number of hydrogen-bond acceptors (Lipinski definition) is 11. The van der Waals surface area contributed by atoms with Gasteiger partial charge in [0.15, 0.2) is 11.7 Å². The lowest BCUT2D eigenvalue weighted by Gasteiger charge is -2.65. The van der Waals surface area contributed by atoms with Crippen LogP contribution in [0.15, 0.2) is 57.7 Å². The van der Waals surface area contributed by atoms with Crippen molar-refractivity contribution in [3.8, 4) is 0 Å². The minimum atomic E-state index is -1.62. The molecule has 12 rings (SSSR count). The highest BCUT2D eigenvalue weighted by Gasteiger charge is 2.75. The van der Waals surface area contributed by atoms with Gasteiger partial charge in [-0.05, 0) is 185 Å². The number of guanidine groups is 1. The highest BCUT2D eigenvalue weighted by Crippen LogP contribution is 2.76. The number of fused-ring (bicyclic) bond motifs is 14. The van der Waals surface area contributed by atoms with E-state index in [1.54, 1.807) is 40.5 Å². The van der Waals surface area contributed by atoms with Crippen LogP contribution in [-0.4, -0.2) is 107 Å². The number of nitrogens with two attached hydrogens (primary N) is 1. The number of ketones is 1.